The van der Waals surface area contributed by atoms with Gasteiger partial charge in [0.05, 0.1) is 12.7 Å². The van der Waals surface area contributed by atoms with Crippen LogP contribution in [0.5, 0.6) is 5.75 Å². The van der Waals surface area contributed by atoms with Crippen molar-refractivity contribution in [2.45, 2.75) is 59.2 Å². The number of aliphatic hydroxyl groups excluding tert-OH is 1. The van der Waals surface area contributed by atoms with Gasteiger partial charge in [-0.1, -0.05) is 17.7 Å². The van der Waals surface area contributed by atoms with Crippen molar-refractivity contribution in [1.82, 2.24) is 5.32 Å². The Labute approximate surface area is 117 Å². The van der Waals surface area contributed by atoms with Crippen LogP contribution in [0.3, 0.4) is 0 Å². The fourth-order valence-corrected chi connectivity index (χ4v) is 1.69. The summed E-state index contributed by atoms with van der Waals surface area (Å²) >= 11 is 0. The Morgan fingerprint density at radius 2 is 2.00 bits per heavy atom. The third kappa shape index (κ3) is 6.60. The van der Waals surface area contributed by atoms with E-state index in [9.17, 15) is 5.11 Å². The maximum absolute atomic E-state index is 9.26. The number of aryl methyl sites for hydroxylation is 1. The largest absolute Gasteiger partial charge is 0.493 e. The molecule has 0 aliphatic heterocycles. The lowest BCUT2D eigenvalue weighted by Gasteiger charge is -2.22. The Bertz CT molecular complexity index is 394. The summed E-state index contributed by atoms with van der Waals surface area (Å²) in [5, 5.41) is 12.7. The number of nitrogens with one attached hydrogen (secondary N) is 1. The second-order valence-corrected chi connectivity index (χ2v) is 6.20. The lowest BCUT2D eigenvalue weighted by Crippen LogP contribution is -2.35. The average molecular weight is 265 g/mol. The SMILES string of the molecule is Cc1ccc(OCCC(C)O)c(CNC(C)(C)C)c1. The van der Waals surface area contributed by atoms with Crippen molar-refractivity contribution in [2.75, 3.05) is 6.61 Å². The van der Waals surface area contributed by atoms with Crippen molar-refractivity contribution < 1.29 is 9.84 Å². The lowest BCUT2D eigenvalue weighted by molar-refractivity contribution is 0.155. The normalized spacial score (nSPS) is 13.4. The molecule has 3 nitrogen and oxygen atoms in total. The minimum absolute atomic E-state index is 0.0840. The molecule has 0 heterocycles. The van der Waals surface area contributed by atoms with E-state index in [0.717, 1.165) is 12.3 Å². The molecule has 0 radical (unpaired) electrons. The van der Waals surface area contributed by atoms with Crippen molar-refractivity contribution in [1.29, 1.82) is 0 Å². The zero-order valence-corrected chi connectivity index (χ0v) is 12.8. The summed E-state index contributed by atoms with van der Waals surface area (Å²) in [7, 11) is 0. The zero-order chi connectivity index (χ0) is 14.5. The van der Waals surface area contributed by atoms with Gasteiger partial charge in [-0.25, -0.2) is 0 Å². The van der Waals surface area contributed by atoms with Gasteiger partial charge in [0.1, 0.15) is 5.75 Å². The van der Waals surface area contributed by atoms with E-state index in [2.05, 4.69) is 45.1 Å². The molecule has 0 amide bonds. The van der Waals surface area contributed by atoms with Crippen LogP contribution in [0.4, 0.5) is 0 Å². The van der Waals surface area contributed by atoms with Crippen molar-refractivity contribution in [3.8, 4) is 5.75 Å². The summed E-state index contributed by atoms with van der Waals surface area (Å²) in [4.78, 5) is 0. The van der Waals surface area contributed by atoms with E-state index in [1.807, 2.05) is 6.07 Å². The van der Waals surface area contributed by atoms with E-state index in [4.69, 9.17) is 4.74 Å². The van der Waals surface area contributed by atoms with Gasteiger partial charge in [-0.05, 0) is 40.7 Å². The van der Waals surface area contributed by atoms with Gasteiger partial charge in [0.2, 0.25) is 0 Å². The molecule has 19 heavy (non-hydrogen) atoms. The lowest BCUT2D eigenvalue weighted by atomic mass is 10.1. The number of hydrogen-bond acceptors (Lipinski definition) is 3. The fraction of sp³-hybridized carbons (Fsp3) is 0.625. The molecule has 0 spiro atoms. The summed E-state index contributed by atoms with van der Waals surface area (Å²) in [6.45, 7) is 11.6. The molecule has 1 rings (SSSR count). The predicted molar refractivity (Wildman–Crippen MR) is 79.6 cm³/mol. The van der Waals surface area contributed by atoms with Crippen LogP contribution < -0.4 is 10.1 Å². The number of ether oxygens (including phenoxy) is 1. The van der Waals surface area contributed by atoms with Gasteiger partial charge in [0.15, 0.2) is 0 Å². The Balaban J connectivity index is 2.68. The Kier molecular flexibility index (Phi) is 5.83. The summed E-state index contributed by atoms with van der Waals surface area (Å²) in [5.74, 6) is 0.906. The van der Waals surface area contributed by atoms with Crippen molar-refractivity contribution in [2.24, 2.45) is 0 Å². The summed E-state index contributed by atoms with van der Waals surface area (Å²) < 4.78 is 5.77. The quantitative estimate of drug-likeness (QED) is 0.830. The highest BCUT2D eigenvalue weighted by molar-refractivity contribution is 5.37. The van der Waals surface area contributed by atoms with Gasteiger partial charge >= 0.3 is 0 Å². The van der Waals surface area contributed by atoms with Crippen LogP contribution in [0.15, 0.2) is 18.2 Å². The molecular weight excluding hydrogens is 238 g/mol. The van der Waals surface area contributed by atoms with Crippen molar-refractivity contribution >= 4 is 0 Å². The van der Waals surface area contributed by atoms with Gasteiger partial charge < -0.3 is 15.2 Å². The molecule has 1 aromatic rings. The van der Waals surface area contributed by atoms with E-state index in [-0.39, 0.29) is 11.6 Å². The summed E-state index contributed by atoms with van der Waals surface area (Å²) in [6.07, 6.45) is 0.335. The molecule has 0 aliphatic rings. The van der Waals surface area contributed by atoms with E-state index >= 15 is 0 Å². The average Bonchev–Trinajstić information content (AvgIpc) is 2.27. The van der Waals surface area contributed by atoms with Crippen molar-refractivity contribution in [3.63, 3.8) is 0 Å². The first-order chi connectivity index (χ1) is 8.78. The van der Waals surface area contributed by atoms with Crippen LogP contribution in [0.2, 0.25) is 0 Å². The van der Waals surface area contributed by atoms with Gasteiger partial charge in [0.25, 0.3) is 0 Å². The Morgan fingerprint density at radius 1 is 1.32 bits per heavy atom. The minimum Gasteiger partial charge on any atom is -0.493 e. The zero-order valence-electron chi connectivity index (χ0n) is 12.8. The standard InChI is InChI=1S/C16H27NO2/c1-12-6-7-15(19-9-8-13(2)18)14(10-12)11-17-16(3,4)5/h6-7,10,13,17-18H,8-9,11H2,1-5H3. The van der Waals surface area contributed by atoms with Crippen LogP contribution >= 0.6 is 0 Å². The first kappa shape index (κ1) is 16.0. The fourth-order valence-electron chi connectivity index (χ4n) is 1.69. The molecule has 3 heteroatoms. The molecule has 108 valence electrons. The van der Waals surface area contributed by atoms with E-state index < -0.39 is 0 Å². The summed E-state index contributed by atoms with van der Waals surface area (Å²) in [6, 6.07) is 6.21. The highest BCUT2D eigenvalue weighted by Gasteiger charge is 2.11. The first-order valence-corrected chi connectivity index (χ1v) is 6.93. The molecule has 0 aromatic heterocycles. The van der Waals surface area contributed by atoms with Crippen LogP contribution in [-0.2, 0) is 6.54 Å². The molecular formula is C16H27NO2. The van der Waals surface area contributed by atoms with Crippen LogP contribution in [-0.4, -0.2) is 23.4 Å². The van der Waals surface area contributed by atoms with E-state index in [1.54, 1.807) is 6.92 Å². The maximum atomic E-state index is 9.26. The molecule has 1 atom stereocenters. The monoisotopic (exact) mass is 265 g/mol. The van der Waals surface area contributed by atoms with Crippen LogP contribution in [0.25, 0.3) is 0 Å². The highest BCUT2D eigenvalue weighted by atomic mass is 16.5. The molecule has 0 bridgehead atoms. The third-order valence-corrected chi connectivity index (χ3v) is 2.82. The maximum Gasteiger partial charge on any atom is 0.123 e. The summed E-state index contributed by atoms with van der Waals surface area (Å²) in [5.41, 5.74) is 2.48. The van der Waals surface area contributed by atoms with Gasteiger partial charge in [-0.3, -0.25) is 0 Å². The second-order valence-electron chi connectivity index (χ2n) is 6.20. The molecule has 1 aromatic carbocycles. The third-order valence-electron chi connectivity index (χ3n) is 2.82. The van der Waals surface area contributed by atoms with Crippen LogP contribution in [0, 0.1) is 6.92 Å². The topological polar surface area (TPSA) is 41.5 Å². The number of rotatable bonds is 6. The number of aliphatic hydroxyl groups is 1. The van der Waals surface area contributed by atoms with Gasteiger partial charge in [0, 0.05) is 24.1 Å². The van der Waals surface area contributed by atoms with Gasteiger partial charge in [-0.2, -0.15) is 0 Å². The van der Waals surface area contributed by atoms with Crippen molar-refractivity contribution in [3.05, 3.63) is 29.3 Å². The van der Waals surface area contributed by atoms with E-state index in [1.165, 1.54) is 11.1 Å². The molecule has 0 saturated heterocycles. The molecule has 2 N–H and O–H groups in total. The number of hydrogen-bond donors (Lipinski definition) is 2. The smallest absolute Gasteiger partial charge is 0.123 e. The minimum atomic E-state index is -0.318. The molecule has 0 fully saturated rings. The Hall–Kier alpha value is -1.06. The Morgan fingerprint density at radius 3 is 2.58 bits per heavy atom. The highest BCUT2D eigenvalue weighted by Crippen LogP contribution is 2.21. The molecule has 0 saturated carbocycles. The van der Waals surface area contributed by atoms with Gasteiger partial charge in [-0.15, -0.1) is 0 Å². The predicted octanol–water partition coefficient (Wildman–Crippen LogP) is 3.03. The van der Waals surface area contributed by atoms with Crippen LogP contribution in [0.1, 0.15) is 45.2 Å². The first-order valence-electron chi connectivity index (χ1n) is 6.93. The molecule has 0 aliphatic carbocycles. The number of benzene rings is 1. The molecule has 1 unspecified atom stereocenters. The second kappa shape index (κ2) is 6.92. The van der Waals surface area contributed by atoms with E-state index in [0.29, 0.717) is 13.0 Å².